The Labute approximate surface area is 146 Å². The molecule has 0 atom stereocenters. The molecule has 0 aliphatic carbocycles. The number of nitrogens with zero attached hydrogens (tertiary/aromatic N) is 1. The van der Waals surface area contributed by atoms with Gasteiger partial charge in [0.05, 0.1) is 12.3 Å². The van der Waals surface area contributed by atoms with Gasteiger partial charge in [-0.2, -0.15) is 0 Å². The maximum Gasteiger partial charge on any atom is 0.119 e. The van der Waals surface area contributed by atoms with Crippen LogP contribution in [0.15, 0.2) is 53.5 Å². The van der Waals surface area contributed by atoms with Crippen LogP contribution in [0.2, 0.25) is 0 Å². The second-order valence-electron chi connectivity index (χ2n) is 6.15. The lowest BCUT2D eigenvalue weighted by Crippen LogP contribution is -1.97. The molecule has 2 rings (SSSR count). The molecule has 0 aliphatic rings. The first-order valence-electron chi connectivity index (χ1n) is 9.17. The van der Waals surface area contributed by atoms with E-state index in [1.807, 2.05) is 18.3 Å². The van der Waals surface area contributed by atoms with E-state index >= 15 is 0 Å². The minimum atomic E-state index is 0.803. The second-order valence-corrected chi connectivity index (χ2v) is 6.15. The van der Waals surface area contributed by atoms with Crippen LogP contribution in [0, 0.1) is 0 Å². The van der Waals surface area contributed by atoms with Crippen LogP contribution >= 0.6 is 0 Å². The summed E-state index contributed by atoms with van der Waals surface area (Å²) in [5, 5.41) is 0. The highest BCUT2D eigenvalue weighted by atomic mass is 16.5. The van der Waals surface area contributed by atoms with E-state index in [0.29, 0.717) is 0 Å². The number of unbranched alkanes of at least 4 members (excludes halogenated alkanes) is 3. The van der Waals surface area contributed by atoms with E-state index in [-0.39, 0.29) is 0 Å². The van der Waals surface area contributed by atoms with E-state index < -0.39 is 0 Å². The van der Waals surface area contributed by atoms with Crippen LogP contribution < -0.4 is 4.74 Å². The van der Waals surface area contributed by atoms with Crippen molar-refractivity contribution in [3.05, 3.63) is 59.7 Å². The Morgan fingerprint density at radius 3 is 2.25 bits per heavy atom. The molecule has 24 heavy (non-hydrogen) atoms. The van der Waals surface area contributed by atoms with Gasteiger partial charge in [0.25, 0.3) is 0 Å². The molecule has 0 saturated carbocycles. The van der Waals surface area contributed by atoms with E-state index in [9.17, 15) is 0 Å². The molecular weight excluding hydrogens is 294 g/mol. The zero-order chi connectivity index (χ0) is 17.0. The van der Waals surface area contributed by atoms with E-state index in [4.69, 9.17) is 4.74 Å². The number of aryl methyl sites for hydroxylation is 1. The third kappa shape index (κ3) is 6.57. The maximum absolute atomic E-state index is 5.76. The Balaban J connectivity index is 1.82. The van der Waals surface area contributed by atoms with Crippen molar-refractivity contribution in [3.63, 3.8) is 0 Å². The van der Waals surface area contributed by atoms with Crippen molar-refractivity contribution >= 4 is 11.9 Å². The van der Waals surface area contributed by atoms with Crippen molar-refractivity contribution in [1.82, 2.24) is 0 Å². The van der Waals surface area contributed by atoms with E-state index in [2.05, 4.69) is 55.2 Å². The van der Waals surface area contributed by atoms with Crippen LogP contribution in [0.3, 0.4) is 0 Å². The van der Waals surface area contributed by atoms with Gasteiger partial charge in [-0.05, 0) is 60.4 Å². The van der Waals surface area contributed by atoms with Crippen molar-refractivity contribution in [2.75, 3.05) is 6.61 Å². The SMILES string of the molecule is CCCCCCOc1ccc(C=Nc2ccc(CCC)cc2)cc1. The van der Waals surface area contributed by atoms with E-state index in [1.54, 1.807) is 0 Å². The summed E-state index contributed by atoms with van der Waals surface area (Å²) in [4.78, 5) is 4.54. The van der Waals surface area contributed by atoms with Crippen molar-refractivity contribution in [1.29, 1.82) is 0 Å². The Morgan fingerprint density at radius 2 is 1.58 bits per heavy atom. The van der Waals surface area contributed by atoms with Gasteiger partial charge in [0.15, 0.2) is 0 Å². The lowest BCUT2D eigenvalue weighted by atomic mass is 10.1. The first kappa shape index (κ1) is 18.3. The lowest BCUT2D eigenvalue weighted by molar-refractivity contribution is 0.305. The molecule has 2 nitrogen and oxygen atoms in total. The molecule has 2 aromatic rings. The lowest BCUT2D eigenvalue weighted by Gasteiger charge is -2.06. The van der Waals surface area contributed by atoms with Crippen molar-refractivity contribution in [2.24, 2.45) is 4.99 Å². The number of hydrogen-bond acceptors (Lipinski definition) is 2. The molecule has 0 unspecified atom stereocenters. The molecule has 128 valence electrons. The molecule has 0 heterocycles. The number of hydrogen-bond donors (Lipinski definition) is 0. The van der Waals surface area contributed by atoms with Crippen LogP contribution in [-0.4, -0.2) is 12.8 Å². The summed E-state index contributed by atoms with van der Waals surface area (Å²) in [6.07, 6.45) is 9.14. The zero-order valence-corrected chi connectivity index (χ0v) is 15.0. The third-order valence-corrected chi connectivity index (χ3v) is 3.98. The summed E-state index contributed by atoms with van der Waals surface area (Å²) < 4.78 is 5.76. The van der Waals surface area contributed by atoms with Crippen molar-refractivity contribution < 1.29 is 4.74 Å². The van der Waals surface area contributed by atoms with Crippen LogP contribution in [0.1, 0.15) is 57.1 Å². The minimum Gasteiger partial charge on any atom is -0.494 e. The van der Waals surface area contributed by atoms with Crippen LogP contribution in [0.5, 0.6) is 5.75 Å². The topological polar surface area (TPSA) is 21.6 Å². The Hall–Kier alpha value is -2.09. The van der Waals surface area contributed by atoms with Gasteiger partial charge in [-0.1, -0.05) is 51.7 Å². The summed E-state index contributed by atoms with van der Waals surface area (Å²) in [5.74, 6) is 0.938. The van der Waals surface area contributed by atoms with Gasteiger partial charge in [0.1, 0.15) is 5.75 Å². The number of rotatable bonds is 10. The molecule has 0 spiro atoms. The fraction of sp³-hybridized carbons (Fsp3) is 0.409. The summed E-state index contributed by atoms with van der Waals surface area (Å²) in [6, 6.07) is 16.6. The van der Waals surface area contributed by atoms with Crippen LogP contribution in [0.4, 0.5) is 5.69 Å². The quantitative estimate of drug-likeness (QED) is 0.369. The maximum atomic E-state index is 5.76. The first-order chi connectivity index (χ1) is 11.8. The normalized spacial score (nSPS) is 11.1. The van der Waals surface area contributed by atoms with Crippen molar-refractivity contribution in [2.45, 2.75) is 52.4 Å². The zero-order valence-electron chi connectivity index (χ0n) is 15.0. The molecule has 0 amide bonds. The average molecular weight is 323 g/mol. The van der Waals surface area contributed by atoms with E-state index in [1.165, 1.54) is 31.2 Å². The van der Waals surface area contributed by atoms with Gasteiger partial charge in [0.2, 0.25) is 0 Å². The fourth-order valence-corrected chi connectivity index (χ4v) is 2.56. The Morgan fingerprint density at radius 1 is 0.833 bits per heavy atom. The minimum absolute atomic E-state index is 0.803. The monoisotopic (exact) mass is 323 g/mol. The predicted molar refractivity (Wildman–Crippen MR) is 104 cm³/mol. The predicted octanol–water partition coefficient (Wildman–Crippen LogP) is 6.35. The average Bonchev–Trinajstić information content (AvgIpc) is 2.62. The highest BCUT2D eigenvalue weighted by Gasteiger charge is 1.96. The van der Waals surface area contributed by atoms with E-state index in [0.717, 1.165) is 36.4 Å². The molecular formula is C22H29NO. The molecule has 2 aromatic carbocycles. The molecule has 0 bridgehead atoms. The van der Waals surface area contributed by atoms with Gasteiger partial charge in [0, 0.05) is 6.21 Å². The van der Waals surface area contributed by atoms with Gasteiger partial charge >= 0.3 is 0 Å². The molecule has 2 heteroatoms. The third-order valence-electron chi connectivity index (χ3n) is 3.98. The van der Waals surface area contributed by atoms with Gasteiger partial charge in [-0.25, -0.2) is 0 Å². The summed E-state index contributed by atoms with van der Waals surface area (Å²) in [6.45, 7) is 5.23. The van der Waals surface area contributed by atoms with Crippen LogP contribution in [0.25, 0.3) is 0 Å². The van der Waals surface area contributed by atoms with Crippen molar-refractivity contribution in [3.8, 4) is 5.75 Å². The molecule has 0 saturated heterocycles. The fourth-order valence-electron chi connectivity index (χ4n) is 2.56. The van der Waals surface area contributed by atoms with Crippen LogP contribution in [-0.2, 0) is 6.42 Å². The first-order valence-corrected chi connectivity index (χ1v) is 9.17. The molecule has 0 fully saturated rings. The highest BCUT2D eigenvalue weighted by molar-refractivity contribution is 5.82. The number of benzene rings is 2. The summed E-state index contributed by atoms with van der Waals surface area (Å²) in [5.41, 5.74) is 3.45. The molecule has 0 N–H and O–H groups in total. The molecule has 0 aliphatic heterocycles. The molecule has 0 aromatic heterocycles. The second kappa shape index (κ2) is 10.6. The standard InChI is InChI=1S/C22H29NO/c1-3-5-6-7-17-24-22-15-11-20(12-16-22)18-23-21-13-9-19(8-4-2)10-14-21/h9-16,18H,3-8,17H2,1-2H3. The molecule has 0 radical (unpaired) electrons. The number of ether oxygens (including phenoxy) is 1. The Bertz CT molecular complexity index is 599. The number of aliphatic imine (C=N–C) groups is 1. The van der Waals surface area contributed by atoms with Gasteiger partial charge in [-0.15, -0.1) is 0 Å². The largest absolute Gasteiger partial charge is 0.494 e. The van der Waals surface area contributed by atoms with Gasteiger partial charge in [-0.3, -0.25) is 4.99 Å². The highest BCUT2D eigenvalue weighted by Crippen LogP contribution is 2.16. The summed E-state index contributed by atoms with van der Waals surface area (Å²) >= 11 is 0. The smallest absolute Gasteiger partial charge is 0.119 e. The summed E-state index contributed by atoms with van der Waals surface area (Å²) in [7, 11) is 0. The Kier molecular flexibility index (Phi) is 8.09. The van der Waals surface area contributed by atoms with Gasteiger partial charge < -0.3 is 4.74 Å².